The summed E-state index contributed by atoms with van der Waals surface area (Å²) in [6.45, 7) is 9.25. The van der Waals surface area contributed by atoms with Gasteiger partial charge in [0.25, 0.3) is 0 Å². The van der Waals surface area contributed by atoms with E-state index in [1.807, 2.05) is 16.2 Å². The van der Waals surface area contributed by atoms with Crippen molar-refractivity contribution in [2.45, 2.75) is 75.9 Å². The predicted molar refractivity (Wildman–Crippen MR) is 158 cm³/mol. The minimum absolute atomic E-state index is 0.0887. The molecule has 3 aliphatic rings. The van der Waals surface area contributed by atoms with Gasteiger partial charge in [-0.05, 0) is 69.3 Å². The molecule has 3 aliphatic heterocycles. The van der Waals surface area contributed by atoms with Crippen molar-refractivity contribution in [1.82, 2.24) is 19.0 Å². The molecule has 2 fully saturated rings. The average molecular weight is 593 g/mol. The lowest BCUT2D eigenvalue weighted by Crippen LogP contribution is -2.44. The lowest BCUT2D eigenvalue weighted by Gasteiger charge is -2.35. The molecule has 4 heterocycles. The number of nitrogens with zero attached hydrogens (tertiary/aromatic N) is 4. The highest BCUT2D eigenvalue weighted by atomic mass is 35.5. The zero-order chi connectivity index (χ0) is 27.6. The van der Waals surface area contributed by atoms with Crippen LogP contribution in [0, 0.1) is 6.92 Å². The van der Waals surface area contributed by atoms with Crippen molar-refractivity contribution >= 4 is 38.9 Å². The van der Waals surface area contributed by atoms with Gasteiger partial charge in [0.1, 0.15) is 4.90 Å². The maximum atomic E-state index is 13.6. The summed E-state index contributed by atoms with van der Waals surface area (Å²) >= 11 is 8.26. The van der Waals surface area contributed by atoms with Gasteiger partial charge in [-0.3, -0.25) is 9.69 Å². The van der Waals surface area contributed by atoms with E-state index in [1.54, 1.807) is 29.4 Å². The number of amides is 1. The number of fused-ring (bicyclic) bond motifs is 1. The number of carbonyl (C=O) groups excluding carboxylic acids is 1. The number of carbonyl (C=O) groups is 1. The van der Waals surface area contributed by atoms with E-state index in [-0.39, 0.29) is 21.9 Å². The highest BCUT2D eigenvalue weighted by Gasteiger charge is 2.35. The monoisotopic (exact) mass is 592 g/mol. The molecule has 0 bridgehead atoms. The van der Waals surface area contributed by atoms with Crippen molar-refractivity contribution in [3.63, 3.8) is 0 Å². The van der Waals surface area contributed by atoms with Gasteiger partial charge in [0, 0.05) is 74.6 Å². The van der Waals surface area contributed by atoms with Crippen LogP contribution in [-0.4, -0.2) is 85.7 Å². The molecule has 2 aromatic rings. The van der Waals surface area contributed by atoms with E-state index in [0.29, 0.717) is 37.9 Å². The van der Waals surface area contributed by atoms with Crippen molar-refractivity contribution in [1.29, 1.82) is 0 Å². The van der Waals surface area contributed by atoms with Crippen LogP contribution in [0.4, 0.5) is 0 Å². The molecule has 0 saturated carbocycles. The van der Waals surface area contributed by atoms with Gasteiger partial charge in [-0.15, -0.1) is 11.3 Å². The molecule has 10 heteroatoms. The predicted octanol–water partition coefficient (Wildman–Crippen LogP) is 4.76. The number of hydrogen-bond donors (Lipinski definition) is 0. The van der Waals surface area contributed by atoms with Gasteiger partial charge < -0.3 is 9.80 Å². The second kappa shape index (κ2) is 12.6. The Hall–Kier alpha value is -1.49. The van der Waals surface area contributed by atoms with E-state index >= 15 is 0 Å². The van der Waals surface area contributed by atoms with E-state index in [0.717, 1.165) is 65.0 Å². The number of piperidine rings is 1. The minimum Gasteiger partial charge on any atom is -0.338 e. The molecule has 5 rings (SSSR count). The Bertz CT molecular complexity index is 1250. The van der Waals surface area contributed by atoms with Crippen LogP contribution < -0.4 is 0 Å². The minimum atomic E-state index is -3.69. The van der Waals surface area contributed by atoms with E-state index in [1.165, 1.54) is 15.3 Å². The highest BCUT2D eigenvalue weighted by molar-refractivity contribution is 7.89. The lowest BCUT2D eigenvalue weighted by molar-refractivity contribution is -0.132. The topological polar surface area (TPSA) is 64.2 Å². The Labute approximate surface area is 242 Å². The van der Waals surface area contributed by atoms with E-state index in [4.69, 9.17) is 11.6 Å². The van der Waals surface area contributed by atoms with Crippen LogP contribution in [0.25, 0.3) is 0 Å². The first-order valence-corrected chi connectivity index (χ1v) is 16.9. The van der Waals surface area contributed by atoms with E-state index in [9.17, 15) is 13.2 Å². The fourth-order valence-corrected chi connectivity index (χ4v) is 9.92. The maximum Gasteiger partial charge on any atom is 0.245 e. The Balaban J connectivity index is 1.15. The van der Waals surface area contributed by atoms with Crippen LogP contribution in [0.1, 0.15) is 59.4 Å². The summed E-state index contributed by atoms with van der Waals surface area (Å²) in [6, 6.07) is 7.45. The number of hydrogen-bond acceptors (Lipinski definition) is 6. The molecule has 7 nitrogen and oxygen atoms in total. The SMILES string of the molecule is Cc1cccc(Cl)c1S(=O)(=O)N1CCCCC1CCCC(=O)N1CCc2sc(CN3CCN(C)CC3)cc2C1. The third-order valence-electron chi connectivity index (χ3n) is 8.48. The van der Waals surface area contributed by atoms with Crippen LogP contribution in [0.2, 0.25) is 5.02 Å². The number of benzene rings is 1. The zero-order valence-electron chi connectivity index (χ0n) is 23.2. The first-order chi connectivity index (χ1) is 18.7. The number of halogens is 1. The summed E-state index contributed by atoms with van der Waals surface area (Å²) in [6.07, 6.45) is 5.47. The smallest absolute Gasteiger partial charge is 0.245 e. The van der Waals surface area contributed by atoms with E-state index in [2.05, 4.69) is 22.9 Å². The molecule has 2 saturated heterocycles. The molecule has 1 amide bonds. The molecule has 214 valence electrons. The van der Waals surface area contributed by atoms with Gasteiger partial charge >= 0.3 is 0 Å². The first kappa shape index (κ1) is 29.0. The zero-order valence-corrected chi connectivity index (χ0v) is 25.6. The molecular formula is C29H41ClN4O3S2. The third kappa shape index (κ3) is 6.71. The highest BCUT2D eigenvalue weighted by Crippen LogP contribution is 2.34. The number of aryl methyl sites for hydroxylation is 1. The molecule has 0 spiro atoms. The normalized spacial score (nSPS) is 21.7. The van der Waals surface area contributed by atoms with Gasteiger partial charge in [-0.2, -0.15) is 4.31 Å². The van der Waals surface area contributed by atoms with Crippen LogP contribution in [-0.2, 0) is 34.3 Å². The maximum absolute atomic E-state index is 13.6. The van der Waals surface area contributed by atoms with Gasteiger partial charge in [0.05, 0.1) is 5.02 Å². The van der Waals surface area contributed by atoms with Crippen molar-refractivity contribution < 1.29 is 13.2 Å². The summed E-state index contributed by atoms with van der Waals surface area (Å²) in [7, 11) is -1.51. The molecule has 1 aromatic heterocycles. The van der Waals surface area contributed by atoms with Crippen molar-refractivity contribution in [3.8, 4) is 0 Å². The molecule has 1 unspecified atom stereocenters. The molecule has 0 N–H and O–H groups in total. The summed E-state index contributed by atoms with van der Waals surface area (Å²) in [4.78, 5) is 23.1. The second-order valence-electron chi connectivity index (χ2n) is 11.3. The third-order valence-corrected chi connectivity index (χ3v) is 12.3. The summed E-state index contributed by atoms with van der Waals surface area (Å²) in [5.41, 5.74) is 1.98. The van der Waals surface area contributed by atoms with Crippen LogP contribution >= 0.6 is 22.9 Å². The molecule has 0 radical (unpaired) electrons. The average Bonchev–Trinajstić information content (AvgIpc) is 3.31. The van der Waals surface area contributed by atoms with Gasteiger partial charge in [-0.1, -0.05) is 30.2 Å². The number of rotatable bonds is 8. The molecule has 39 heavy (non-hydrogen) atoms. The van der Waals surface area contributed by atoms with Crippen LogP contribution in [0.5, 0.6) is 0 Å². The Morgan fingerprint density at radius 2 is 1.90 bits per heavy atom. The number of thiophene rings is 1. The Morgan fingerprint density at radius 3 is 2.67 bits per heavy atom. The number of piperazine rings is 1. The number of sulfonamides is 1. The quantitative estimate of drug-likeness (QED) is 0.442. The van der Waals surface area contributed by atoms with Crippen LogP contribution in [0.15, 0.2) is 29.2 Å². The van der Waals surface area contributed by atoms with Crippen molar-refractivity contribution in [2.24, 2.45) is 0 Å². The molecular weight excluding hydrogens is 552 g/mol. The first-order valence-electron chi connectivity index (χ1n) is 14.3. The van der Waals surface area contributed by atoms with Crippen molar-refractivity contribution in [2.75, 3.05) is 46.3 Å². The molecule has 1 aromatic carbocycles. The molecule has 1 atom stereocenters. The summed E-state index contributed by atoms with van der Waals surface area (Å²) < 4.78 is 28.9. The van der Waals surface area contributed by atoms with Gasteiger partial charge in [-0.25, -0.2) is 8.42 Å². The fourth-order valence-electron chi connectivity index (χ4n) is 6.20. The van der Waals surface area contributed by atoms with Crippen LogP contribution in [0.3, 0.4) is 0 Å². The molecule has 0 aliphatic carbocycles. The Kier molecular flexibility index (Phi) is 9.36. The van der Waals surface area contributed by atoms with E-state index < -0.39 is 10.0 Å². The van der Waals surface area contributed by atoms with Crippen molar-refractivity contribution in [3.05, 3.63) is 50.2 Å². The van der Waals surface area contributed by atoms with Gasteiger partial charge in [0.15, 0.2) is 0 Å². The lowest BCUT2D eigenvalue weighted by atomic mass is 9.99. The fraction of sp³-hybridized carbons (Fsp3) is 0.621. The second-order valence-corrected chi connectivity index (χ2v) is 14.8. The van der Waals surface area contributed by atoms with Gasteiger partial charge in [0.2, 0.25) is 15.9 Å². The largest absolute Gasteiger partial charge is 0.338 e. The summed E-state index contributed by atoms with van der Waals surface area (Å²) in [5.74, 6) is 0.180. The summed E-state index contributed by atoms with van der Waals surface area (Å²) in [5, 5.41) is 0.277. The standard InChI is InChI=1S/C29H41ClN4O3S2/c1-22-7-5-10-26(30)29(22)39(36,37)34-13-4-3-8-24(34)9-6-11-28(35)33-14-12-27-23(20-33)19-25(38-27)21-32-17-15-31(2)16-18-32/h5,7,10,19,24H,3-4,6,8-9,11-18,20-21H2,1-2H3. The number of likely N-dealkylation sites (N-methyl/N-ethyl adjacent to an activating group) is 1. The Morgan fingerprint density at radius 1 is 1.10 bits per heavy atom.